The van der Waals surface area contributed by atoms with E-state index in [0.717, 1.165) is 0 Å². The number of esters is 1. The van der Waals surface area contributed by atoms with Crippen LogP contribution in [0.25, 0.3) is 0 Å². The Morgan fingerprint density at radius 2 is 1.72 bits per heavy atom. The van der Waals surface area contributed by atoms with Gasteiger partial charge in [0.15, 0.2) is 0 Å². The zero-order valence-corrected chi connectivity index (χ0v) is 15.2. The summed E-state index contributed by atoms with van der Waals surface area (Å²) in [7, 11) is 0. The molecule has 3 N–H and O–H groups in total. The highest BCUT2D eigenvalue weighted by Gasteiger charge is 2.18. The Hall–Kier alpha value is -1.95. The third-order valence-electron chi connectivity index (χ3n) is 3.34. The fourth-order valence-electron chi connectivity index (χ4n) is 2.14. The lowest BCUT2D eigenvalue weighted by molar-refractivity contribution is -0.145. The molecule has 0 saturated carbocycles. The van der Waals surface area contributed by atoms with Crippen molar-refractivity contribution < 1.29 is 14.3 Å². The number of hydrogen-bond donors (Lipinski definition) is 2. The van der Waals surface area contributed by atoms with Crippen molar-refractivity contribution in [2.75, 3.05) is 0 Å². The van der Waals surface area contributed by atoms with Crippen LogP contribution in [0, 0.1) is 0 Å². The molecule has 0 heterocycles. The summed E-state index contributed by atoms with van der Waals surface area (Å²) in [5, 5.41) is 3.86. The lowest BCUT2D eigenvalue weighted by Gasteiger charge is -2.17. The highest BCUT2D eigenvalue weighted by atomic mass is 35.5. The summed E-state index contributed by atoms with van der Waals surface area (Å²) in [6, 6.07) is 10.3. The zero-order chi connectivity index (χ0) is 18.4. The summed E-state index contributed by atoms with van der Waals surface area (Å²) in [5.74, 6) is -0.500. The van der Waals surface area contributed by atoms with Gasteiger partial charge in [0, 0.05) is 5.02 Å². The maximum Gasteiger partial charge on any atom is 0.312 e. The normalized spacial score (nSPS) is 11.6. The monoisotopic (exact) mass is 400 g/mol. The Morgan fingerprint density at radius 3 is 2.32 bits per heavy atom. The van der Waals surface area contributed by atoms with Crippen molar-refractivity contribution in [1.29, 1.82) is 0 Å². The van der Waals surface area contributed by atoms with Crippen molar-refractivity contribution in [1.82, 2.24) is 5.32 Å². The highest BCUT2D eigenvalue weighted by Crippen LogP contribution is 2.24. The number of nitrogens with two attached hydrogens (primary N) is 1. The summed E-state index contributed by atoms with van der Waals surface area (Å²) in [6.45, 7) is 0.0413. The van der Waals surface area contributed by atoms with Gasteiger partial charge in [-0.15, -0.1) is 0 Å². The van der Waals surface area contributed by atoms with Gasteiger partial charge < -0.3 is 15.8 Å². The molecule has 0 aliphatic carbocycles. The van der Waals surface area contributed by atoms with E-state index in [0.29, 0.717) is 26.2 Å². The number of rotatable bonds is 6. The molecule has 0 aliphatic heterocycles. The third-order valence-corrected chi connectivity index (χ3v) is 4.33. The van der Waals surface area contributed by atoms with Crippen molar-refractivity contribution in [3.8, 4) is 0 Å². The lowest BCUT2D eigenvalue weighted by atomic mass is 10.0. The first kappa shape index (κ1) is 19.4. The lowest BCUT2D eigenvalue weighted by Crippen LogP contribution is -2.34. The van der Waals surface area contributed by atoms with Gasteiger partial charge in [-0.25, -0.2) is 4.79 Å². The van der Waals surface area contributed by atoms with E-state index in [9.17, 15) is 9.59 Å². The molecule has 132 valence electrons. The minimum Gasteiger partial charge on any atom is -0.461 e. The Kier molecular flexibility index (Phi) is 6.93. The topological polar surface area (TPSA) is 81.4 Å². The number of primary amides is 1. The molecule has 2 rings (SSSR count). The van der Waals surface area contributed by atoms with E-state index in [2.05, 4.69) is 5.32 Å². The van der Waals surface area contributed by atoms with Gasteiger partial charge in [0.05, 0.1) is 22.5 Å². The molecule has 0 radical (unpaired) electrons. The van der Waals surface area contributed by atoms with Gasteiger partial charge in [-0.3, -0.25) is 4.79 Å². The average molecular weight is 402 g/mol. The highest BCUT2D eigenvalue weighted by molar-refractivity contribution is 6.42. The molecule has 2 amide bonds. The van der Waals surface area contributed by atoms with Gasteiger partial charge in [-0.05, 0) is 35.4 Å². The molecular weight excluding hydrogens is 387 g/mol. The molecule has 25 heavy (non-hydrogen) atoms. The van der Waals surface area contributed by atoms with Crippen LogP contribution in [0.4, 0.5) is 4.79 Å². The first-order valence-corrected chi connectivity index (χ1v) is 8.39. The van der Waals surface area contributed by atoms with Crippen LogP contribution >= 0.6 is 34.8 Å². The van der Waals surface area contributed by atoms with Crippen LogP contribution in [0.2, 0.25) is 15.1 Å². The summed E-state index contributed by atoms with van der Waals surface area (Å²) in [4.78, 5) is 23.3. The minimum atomic E-state index is -0.739. The minimum absolute atomic E-state index is 0.0413. The van der Waals surface area contributed by atoms with Gasteiger partial charge in [0.25, 0.3) is 0 Å². The van der Waals surface area contributed by atoms with Gasteiger partial charge >= 0.3 is 12.0 Å². The standard InChI is InChI=1S/C17H15Cl3N2O3/c18-12-4-2-11(3-5-12)15(22-17(21)24)8-16(23)25-9-10-1-6-13(19)14(20)7-10/h1-7,15H,8-9H2,(H3,21,22,24). The van der Waals surface area contributed by atoms with Crippen LogP contribution < -0.4 is 11.1 Å². The number of benzene rings is 2. The van der Waals surface area contributed by atoms with E-state index in [1.54, 1.807) is 42.5 Å². The third kappa shape index (κ3) is 6.12. The van der Waals surface area contributed by atoms with Crippen LogP contribution in [-0.4, -0.2) is 12.0 Å². The molecule has 0 fully saturated rings. The van der Waals surface area contributed by atoms with Crippen molar-refractivity contribution in [2.45, 2.75) is 19.1 Å². The van der Waals surface area contributed by atoms with Crippen molar-refractivity contribution in [3.05, 3.63) is 68.7 Å². The van der Waals surface area contributed by atoms with E-state index in [1.165, 1.54) is 0 Å². The molecule has 0 spiro atoms. The molecule has 1 unspecified atom stereocenters. The molecule has 2 aromatic rings. The Morgan fingerprint density at radius 1 is 1.04 bits per heavy atom. The molecule has 5 nitrogen and oxygen atoms in total. The fourth-order valence-corrected chi connectivity index (χ4v) is 2.58. The molecule has 0 aromatic heterocycles. The Labute approximate surface area is 160 Å². The van der Waals surface area contributed by atoms with E-state index in [-0.39, 0.29) is 13.0 Å². The predicted molar refractivity (Wildman–Crippen MR) is 97.8 cm³/mol. The number of hydrogen-bond acceptors (Lipinski definition) is 3. The Bertz CT molecular complexity index is 766. The van der Waals surface area contributed by atoms with E-state index < -0.39 is 18.0 Å². The number of amides is 2. The van der Waals surface area contributed by atoms with Crippen LogP contribution in [0.1, 0.15) is 23.6 Å². The molecule has 0 aliphatic rings. The van der Waals surface area contributed by atoms with Crippen LogP contribution in [-0.2, 0) is 16.1 Å². The van der Waals surface area contributed by atoms with Crippen LogP contribution in [0.15, 0.2) is 42.5 Å². The summed E-state index contributed by atoms with van der Waals surface area (Å²) in [5.41, 5.74) is 6.57. The Balaban J connectivity index is 1.99. The molecule has 1 atom stereocenters. The molecule has 8 heteroatoms. The average Bonchev–Trinajstić information content (AvgIpc) is 2.55. The van der Waals surface area contributed by atoms with Gasteiger partial charge in [0.1, 0.15) is 6.61 Å². The molecule has 2 aromatic carbocycles. The number of urea groups is 1. The van der Waals surface area contributed by atoms with Gasteiger partial charge in [0.2, 0.25) is 0 Å². The number of carbonyl (C=O) groups excluding carboxylic acids is 2. The largest absolute Gasteiger partial charge is 0.461 e. The second kappa shape index (κ2) is 8.94. The van der Waals surface area contributed by atoms with E-state index in [4.69, 9.17) is 45.3 Å². The van der Waals surface area contributed by atoms with E-state index in [1.807, 2.05) is 0 Å². The second-order valence-electron chi connectivity index (χ2n) is 5.23. The summed E-state index contributed by atoms with van der Waals surface area (Å²) in [6.07, 6.45) is -0.0775. The van der Waals surface area contributed by atoms with Crippen molar-refractivity contribution >= 4 is 46.8 Å². The smallest absolute Gasteiger partial charge is 0.312 e. The predicted octanol–water partition coefficient (Wildman–Crippen LogP) is 4.49. The van der Waals surface area contributed by atoms with Gasteiger partial charge in [-0.2, -0.15) is 0 Å². The number of ether oxygens (including phenoxy) is 1. The van der Waals surface area contributed by atoms with Crippen LogP contribution in [0.5, 0.6) is 0 Å². The maximum absolute atomic E-state index is 12.1. The fraction of sp³-hybridized carbons (Fsp3) is 0.176. The second-order valence-corrected chi connectivity index (χ2v) is 6.48. The first-order chi connectivity index (χ1) is 11.8. The molecule has 0 saturated heterocycles. The number of halogens is 3. The first-order valence-electron chi connectivity index (χ1n) is 7.26. The summed E-state index contributed by atoms with van der Waals surface area (Å²) >= 11 is 17.6. The number of nitrogens with one attached hydrogen (secondary N) is 1. The molecular formula is C17H15Cl3N2O3. The van der Waals surface area contributed by atoms with E-state index >= 15 is 0 Å². The van der Waals surface area contributed by atoms with Crippen molar-refractivity contribution in [2.24, 2.45) is 5.73 Å². The van der Waals surface area contributed by atoms with Gasteiger partial charge in [-0.1, -0.05) is 53.0 Å². The van der Waals surface area contributed by atoms with Crippen molar-refractivity contribution in [3.63, 3.8) is 0 Å². The SMILES string of the molecule is NC(=O)NC(CC(=O)OCc1ccc(Cl)c(Cl)c1)c1ccc(Cl)cc1. The zero-order valence-electron chi connectivity index (χ0n) is 13.0. The van der Waals surface area contributed by atoms with Crippen LogP contribution in [0.3, 0.4) is 0 Å². The molecule has 0 bridgehead atoms. The number of carbonyl (C=O) groups is 2. The summed E-state index contributed by atoms with van der Waals surface area (Å²) < 4.78 is 5.22. The maximum atomic E-state index is 12.1. The quantitative estimate of drug-likeness (QED) is 0.700.